The first-order chi connectivity index (χ1) is 22.2. The number of hydrogen-bond donors (Lipinski definition) is 5. The van der Waals surface area contributed by atoms with Gasteiger partial charge >= 0.3 is 12.1 Å². The van der Waals surface area contributed by atoms with Crippen LogP contribution in [-0.2, 0) is 25.5 Å². The summed E-state index contributed by atoms with van der Waals surface area (Å²) in [7, 11) is 0. The molecule has 5 N–H and O–H groups in total. The highest BCUT2D eigenvalue weighted by atomic mass is 16.6. The van der Waals surface area contributed by atoms with Crippen molar-refractivity contribution in [2.24, 2.45) is 0 Å². The van der Waals surface area contributed by atoms with E-state index in [1.165, 1.54) is 30.9 Å². The summed E-state index contributed by atoms with van der Waals surface area (Å²) in [6.45, 7) is 8.15. The number of carboxylic acid groups (broad SMARTS) is 1. The second kappa shape index (κ2) is 13.0. The molecule has 0 radical (unpaired) electrons. The van der Waals surface area contributed by atoms with Crippen molar-refractivity contribution in [1.29, 1.82) is 0 Å². The molecular formula is C35H38N6O6. The first kappa shape index (κ1) is 32.7. The van der Waals surface area contributed by atoms with Crippen molar-refractivity contribution in [3.63, 3.8) is 0 Å². The largest absolute Gasteiger partial charge is 0.479 e. The first-order valence-corrected chi connectivity index (χ1v) is 15.1. The van der Waals surface area contributed by atoms with Crippen LogP contribution >= 0.6 is 0 Å². The number of alkyl carbamates (subject to hydrolysis) is 1. The fraction of sp³-hybridized carbons (Fsp3) is 0.286. The third-order valence-electron chi connectivity index (χ3n) is 7.58. The number of carbonyl (C=O) groups excluding carboxylic acids is 3. The number of carbonyl (C=O) groups is 4. The molecule has 2 atom stereocenters. The SMILES string of the molecule is CC(C)(C)OC(=O)NC(C)(C)C(=O)NC(Cc1c[nH]c2ccccc12)C(=O)Nc1cn(C(C(=O)O)c2ccc3ccccc3c2)cn1. The summed E-state index contributed by atoms with van der Waals surface area (Å²) in [6, 6.07) is 18.4. The average Bonchev–Trinajstić information content (AvgIpc) is 3.62. The van der Waals surface area contributed by atoms with Gasteiger partial charge in [-0.25, -0.2) is 14.6 Å². The van der Waals surface area contributed by atoms with Gasteiger partial charge in [-0.2, -0.15) is 0 Å². The fourth-order valence-corrected chi connectivity index (χ4v) is 5.26. The summed E-state index contributed by atoms with van der Waals surface area (Å²) in [5.41, 5.74) is -0.0161. The maximum atomic E-state index is 13.8. The van der Waals surface area contributed by atoms with Crippen LogP contribution in [0.15, 0.2) is 85.5 Å². The Kier molecular flexibility index (Phi) is 9.05. The maximum absolute atomic E-state index is 13.8. The van der Waals surface area contributed by atoms with Gasteiger partial charge in [0.1, 0.15) is 17.2 Å². The van der Waals surface area contributed by atoms with E-state index in [4.69, 9.17) is 4.74 Å². The van der Waals surface area contributed by atoms with Crippen molar-refractivity contribution in [3.8, 4) is 0 Å². The number of para-hydroxylation sites is 1. The highest BCUT2D eigenvalue weighted by Crippen LogP contribution is 2.25. The Labute approximate surface area is 271 Å². The van der Waals surface area contributed by atoms with Gasteiger partial charge in [-0.15, -0.1) is 0 Å². The molecule has 47 heavy (non-hydrogen) atoms. The Hall–Kier alpha value is -5.65. The molecule has 5 rings (SSSR count). The fourth-order valence-electron chi connectivity index (χ4n) is 5.26. The van der Waals surface area contributed by atoms with Gasteiger partial charge in [-0.05, 0) is 68.7 Å². The molecule has 0 aliphatic heterocycles. The Bertz CT molecular complexity index is 1950. The molecular weight excluding hydrogens is 600 g/mol. The van der Waals surface area contributed by atoms with E-state index in [1.54, 1.807) is 33.0 Å². The molecule has 5 aromatic rings. The summed E-state index contributed by atoms with van der Waals surface area (Å²) in [5.74, 6) is -2.19. The lowest BCUT2D eigenvalue weighted by atomic mass is 10.0. The van der Waals surface area contributed by atoms with Gasteiger partial charge in [0.2, 0.25) is 11.8 Å². The van der Waals surface area contributed by atoms with Crippen LogP contribution in [-0.4, -0.2) is 60.7 Å². The molecule has 3 amide bonds. The molecule has 0 saturated heterocycles. The molecule has 12 heteroatoms. The van der Waals surface area contributed by atoms with Gasteiger partial charge in [-0.1, -0.05) is 54.6 Å². The van der Waals surface area contributed by atoms with Crippen molar-refractivity contribution in [1.82, 2.24) is 25.2 Å². The zero-order valence-electron chi connectivity index (χ0n) is 26.8. The van der Waals surface area contributed by atoms with Crippen molar-refractivity contribution in [3.05, 3.63) is 96.6 Å². The minimum Gasteiger partial charge on any atom is -0.479 e. The van der Waals surface area contributed by atoms with E-state index in [9.17, 15) is 24.3 Å². The highest BCUT2D eigenvalue weighted by Gasteiger charge is 2.35. The van der Waals surface area contributed by atoms with Gasteiger partial charge in [0, 0.05) is 29.7 Å². The number of amides is 3. The zero-order chi connectivity index (χ0) is 33.9. The van der Waals surface area contributed by atoms with Crippen LogP contribution in [0.3, 0.4) is 0 Å². The summed E-state index contributed by atoms with van der Waals surface area (Å²) in [4.78, 5) is 59.6. The number of ether oxygens (including phenoxy) is 1. The summed E-state index contributed by atoms with van der Waals surface area (Å²) >= 11 is 0. The predicted octanol–water partition coefficient (Wildman–Crippen LogP) is 5.16. The van der Waals surface area contributed by atoms with E-state index in [1.807, 2.05) is 60.7 Å². The highest BCUT2D eigenvalue weighted by molar-refractivity contribution is 5.99. The lowest BCUT2D eigenvalue weighted by molar-refractivity contribution is -0.139. The quantitative estimate of drug-likeness (QED) is 0.141. The number of imidazole rings is 1. The standard InChI is InChI=1S/C35H38N6O6/c1-34(2,3)47-33(46)40-35(4,5)32(45)38-27(17-24-18-36-26-13-9-8-12-25(24)26)30(42)39-28-19-41(20-37-28)29(31(43)44)23-15-14-21-10-6-7-11-22(21)16-23/h6-16,18-20,27,29,36H,17H2,1-5H3,(H,38,45)(H,39,42)(H,40,46)(H,43,44). The van der Waals surface area contributed by atoms with Crippen LogP contribution < -0.4 is 16.0 Å². The molecule has 2 unspecified atom stereocenters. The number of aromatic nitrogens is 3. The van der Waals surface area contributed by atoms with Gasteiger partial charge in [0.25, 0.3) is 0 Å². The first-order valence-electron chi connectivity index (χ1n) is 15.1. The minimum atomic E-state index is -1.43. The van der Waals surface area contributed by atoms with Crippen molar-refractivity contribution < 1.29 is 29.0 Å². The number of aliphatic carboxylic acids is 1. The summed E-state index contributed by atoms with van der Waals surface area (Å²) in [6.07, 6.45) is 3.88. The van der Waals surface area contributed by atoms with Gasteiger partial charge in [-0.3, -0.25) is 9.59 Å². The number of rotatable bonds is 10. The second-order valence-electron chi connectivity index (χ2n) is 12.9. The minimum absolute atomic E-state index is 0.103. The molecule has 0 aliphatic carbocycles. The molecule has 0 aliphatic rings. The third kappa shape index (κ3) is 7.78. The van der Waals surface area contributed by atoms with Crippen molar-refractivity contribution >= 4 is 51.4 Å². The monoisotopic (exact) mass is 638 g/mol. The molecule has 2 heterocycles. The van der Waals surface area contributed by atoms with Crippen LogP contribution in [0.5, 0.6) is 0 Å². The van der Waals surface area contributed by atoms with Crippen LogP contribution in [0, 0.1) is 0 Å². The smallest absolute Gasteiger partial charge is 0.408 e. The van der Waals surface area contributed by atoms with E-state index in [-0.39, 0.29) is 12.2 Å². The van der Waals surface area contributed by atoms with E-state index < -0.39 is 47.1 Å². The Morgan fingerprint density at radius 1 is 0.957 bits per heavy atom. The molecule has 244 valence electrons. The van der Waals surface area contributed by atoms with Crippen LogP contribution in [0.2, 0.25) is 0 Å². The number of nitrogens with zero attached hydrogens (tertiary/aromatic N) is 2. The summed E-state index contributed by atoms with van der Waals surface area (Å²) in [5, 5.41) is 21.0. The molecule has 3 aromatic carbocycles. The van der Waals surface area contributed by atoms with Crippen LogP contribution in [0.25, 0.3) is 21.7 Å². The number of fused-ring (bicyclic) bond motifs is 2. The van der Waals surface area contributed by atoms with Crippen LogP contribution in [0.1, 0.15) is 51.8 Å². The van der Waals surface area contributed by atoms with Gasteiger partial charge in [0.05, 0.1) is 6.33 Å². The van der Waals surface area contributed by atoms with Crippen LogP contribution in [0.4, 0.5) is 10.6 Å². The molecule has 0 bridgehead atoms. The number of carboxylic acids is 1. The van der Waals surface area contributed by atoms with Crippen molar-refractivity contribution in [2.75, 3.05) is 5.32 Å². The lowest BCUT2D eigenvalue weighted by Gasteiger charge is -2.29. The number of aromatic amines is 1. The molecule has 12 nitrogen and oxygen atoms in total. The zero-order valence-corrected chi connectivity index (χ0v) is 26.8. The van der Waals surface area contributed by atoms with Gasteiger partial charge in [0.15, 0.2) is 11.9 Å². The Morgan fingerprint density at radius 3 is 2.38 bits per heavy atom. The molecule has 0 saturated carbocycles. The van der Waals surface area contributed by atoms with E-state index in [2.05, 4.69) is 25.9 Å². The molecule has 2 aromatic heterocycles. The van der Waals surface area contributed by atoms with Gasteiger partial charge < -0.3 is 35.3 Å². The van der Waals surface area contributed by atoms with E-state index >= 15 is 0 Å². The number of hydrogen-bond acceptors (Lipinski definition) is 6. The normalized spacial score (nSPS) is 13.1. The van der Waals surface area contributed by atoms with Crippen molar-refractivity contribution in [2.45, 2.75) is 64.3 Å². The lowest BCUT2D eigenvalue weighted by Crippen LogP contribution is -2.59. The predicted molar refractivity (Wildman–Crippen MR) is 178 cm³/mol. The van der Waals surface area contributed by atoms with E-state index in [0.717, 1.165) is 27.2 Å². The molecule has 0 fully saturated rings. The molecule has 0 spiro atoms. The number of H-pyrrole nitrogens is 1. The van der Waals surface area contributed by atoms with E-state index in [0.29, 0.717) is 5.56 Å². The maximum Gasteiger partial charge on any atom is 0.408 e. The Balaban J connectivity index is 1.38. The average molecular weight is 639 g/mol. The third-order valence-corrected chi connectivity index (χ3v) is 7.58. The number of nitrogens with one attached hydrogen (secondary N) is 4. The topological polar surface area (TPSA) is 167 Å². The number of benzene rings is 3. The second-order valence-corrected chi connectivity index (χ2v) is 12.9. The number of anilines is 1. The Morgan fingerprint density at radius 2 is 1.66 bits per heavy atom. The summed E-state index contributed by atoms with van der Waals surface area (Å²) < 4.78 is 6.72.